The Labute approximate surface area is 162 Å². The molecule has 1 heterocycles. The molecule has 2 unspecified atom stereocenters. The fourth-order valence-electron chi connectivity index (χ4n) is 2.01. The average molecular weight is 448 g/mol. The first-order chi connectivity index (χ1) is 12.4. The Kier molecular flexibility index (Phi) is 9.44. The van der Waals surface area contributed by atoms with Crippen LogP contribution in [0, 0.1) is 5.41 Å². The van der Waals surface area contributed by atoms with E-state index in [1.165, 1.54) is 21.0 Å². The van der Waals surface area contributed by atoms with Crippen molar-refractivity contribution in [1.82, 2.24) is 10.6 Å². The van der Waals surface area contributed by atoms with Crippen molar-refractivity contribution < 1.29 is 41.7 Å². The van der Waals surface area contributed by atoms with Crippen LogP contribution in [-0.4, -0.2) is 62.5 Å². The summed E-state index contributed by atoms with van der Waals surface area (Å²) in [5, 5.41) is 5.16. The summed E-state index contributed by atoms with van der Waals surface area (Å²) in [6, 6.07) is 0. The fraction of sp³-hybridized carbons (Fsp3) is 0.846. The van der Waals surface area contributed by atoms with Crippen LogP contribution >= 0.6 is 26.0 Å². The molecule has 1 aliphatic rings. The highest BCUT2D eigenvalue weighted by Crippen LogP contribution is 2.62. The van der Waals surface area contributed by atoms with Gasteiger partial charge in [-0.25, -0.2) is 9.13 Å². The first-order valence-corrected chi connectivity index (χ1v) is 12.6. The first kappa shape index (κ1) is 24.6. The van der Waals surface area contributed by atoms with Crippen LogP contribution in [0.3, 0.4) is 0 Å². The zero-order chi connectivity index (χ0) is 20.7. The number of phosphoric ester groups is 1. The molecule has 0 aliphatic carbocycles. The van der Waals surface area contributed by atoms with Crippen LogP contribution in [0.2, 0.25) is 0 Å². The molecule has 1 aliphatic heterocycles. The van der Waals surface area contributed by atoms with Gasteiger partial charge in [-0.05, 0) is 11.4 Å². The van der Waals surface area contributed by atoms with Crippen molar-refractivity contribution in [2.45, 2.75) is 26.4 Å². The van der Waals surface area contributed by atoms with Gasteiger partial charge in [0.1, 0.15) is 0 Å². The lowest BCUT2D eigenvalue weighted by Gasteiger charge is -2.34. The molecule has 11 nitrogen and oxygen atoms in total. The summed E-state index contributed by atoms with van der Waals surface area (Å²) in [5.74, 6) is -0.664. The summed E-state index contributed by atoms with van der Waals surface area (Å²) in [4.78, 5) is 33.7. The molecule has 1 saturated heterocycles. The predicted molar refractivity (Wildman–Crippen MR) is 99.2 cm³/mol. The maximum Gasteiger partial charge on any atom is 0.471 e. The molecular weight excluding hydrogens is 422 g/mol. The van der Waals surface area contributed by atoms with E-state index in [1.807, 2.05) is 0 Å². The second-order valence-corrected chi connectivity index (χ2v) is 12.1. The van der Waals surface area contributed by atoms with E-state index in [2.05, 4.69) is 15.2 Å². The molecule has 0 aromatic carbocycles. The van der Waals surface area contributed by atoms with Gasteiger partial charge in [-0.1, -0.05) is 13.8 Å². The third-order valence-electron chi connectivity index (χ3n) is 3.56. The Hall–Kier alpha value is -0.450. The number of rotatable bonds is 6. The molecule has 1 fully saturated rings. The largest absolute Gasteiger partial charge is 0.471 e. The fourth-order valence-corrected chi connectivity index (χ4v) is 5.62. The van der Waals surface area contributed by atoms with Crippen molar-refractivity contribution >= 4 is 37.8 Å². The quantitative estimate of drug-likeness (QED) is 0.507. The van der Waals surface area contributed by atoms with Crippen LogP contribution in [0.1, 0.15) is 20.3 Å². The third kappa shape index (κ3) is 8.21. The lowest BCUT2D eigenvalue weighted by Crippen LogP contribution is -2.48. The Bertz CT molecular complexity index is 631. The zero-order valence-electron chi connectivity index (χ0n) is 15.6. The zero-order valence-corrected chi connectivity index (χ0v) is 18.2. The number of nitrogens with one attached hydrogen (secondary N) is 2. The van der Waals surface area contributed by atoms with Gasteiger partial charge in [-0.2, -0.15) is 0 Å². The Balaban J connectivity index is 3.06. The minimum atomic E-state index is -4.28. The van der Waals surface area contributed by atoms with Gasteiger partial charge in [0.05, 0.1) is 6.61 Å². The minimum Gasteiger partial charge on any atom is -0.355 e. The number of hydrogen-bond donors (Lipinski definition) is 3. The highest BCUT2D eigenvalue weighted by atomic mass is 32.7. The van der Waals surface area contributed by atoms with Gasteiger partial charge >= 0.3 is 14.6 Å². The molecule has 0 saturated carbocycles. The van der Waals surface area contributed by atoms with E-state index in [0.717, 1.165) is 18.5 Å². The second kappa shape index (κ2) is 10.4. The molecule has 14 heteroatoms. The van der Waals surface area contributed by atoms with Gasteiger partial charge in [-0.15, -0.1) is 0 Å². The molecule has 0 spiro atoms. The second-order valence-electron chi connectivity index (χ2n) is 6.25. The molecule has 158 valence electrons. The molecule has 27 heavy (non-hydrogen) atoms. The lowest BCUT2D eigenvalue weighted by molar-refractivity contribution is -0.135. The van der Waals surface area contributed by atoms with Crippen LogP contribution in [0.5, 0.6) is 0 Å². The SMILES string of the molecule is COP(=O)(O)OCC(C)(C)[C@H]1OP(=O)(OC)SCCNC(=O)CCNC1=O. The molecular formula is C13H26N2O9P2S. The Morgan fingerprint density at radius 3 is 2.59 bits per heavy atom. The van der Waals surface area contributed by atoms with Crippen LogP contribution in [0.25, 0.3) is 0 Å². The normalized spacial score (nSPS) is 28.3. The summed E-state index contributed by atoms with van der Waals surface area (Å²) in [7, 11) is -2.09. The van der Waals surface area contributed by atoms with Crippen molar-refractivity contribution in [2.24, 2.45) is 5.41 Å². The van der Waals surface area contributed by atoms with Crippen LogP contribution < -0.4 is 10.6 Å². The molecule has 0 aromatic heterocycles. The van der Waals surface area contributed by atoms with Gasteiger partial charge in [0.15, 0.2) is 6.10 Å². The molecule has 3 N–H and O–H groups in total. The van der Waals surface area contributed by atoms with E-state index in [1.54, 1.807) is 0 Å². The summed E-state index contributed by atoms with van der Waals surface area (Å²) < 4.78 is 44.1. The van der Waals surface area contributed by atoms with Gasteiger partial charge in [0.25, 0.3) is 0 Å². The van der Waals surface area contributed by atoms with Crippen molar-refractivity contribution in [3.05, 3.63) is 0 Å². The maximum absolute atomic E-state index is 12.8. The molecule has 0 radical (unpaired) electrons. The lowest BCUT2D eigenvalue weighted by atomic mass is 9.87. The summed E-state index contributed by atoms with van der Waals surface area (Å²) >= 11 is 0.837. The number of carbonyl (C=O) groups is 2. The monoisotopic (exact) mass is 448 g/mol. The van der Waals surface area contributed by atoms with Crippen molar-refractivity contribution in [3.63, 3.8) is 0 Å². The Morgan fingerprint density at radius 2 is 2.00 bits per heavy atom. The first-order valence-electron chi connectivity index (χ1n) is 8.01. The molecule has 0 aromatic rings. The summed E-state index contributed by atoms with van der Waals surface area (Å²) in [5.41, 5.74) is -1.18. The molecule has 1 rings (SSSR count). The van der Waals surface area contributed by atoms with Gasteiger partial charge < -0.3 is 20.1 Å². The van der Waals surface area contributed by atoms with Crippen LogP contribution in [-0.2, 0) is 36.8 Å². The van der Waals surface area contributed by atoms with E-state index >= 15 is 0 Å². The molecule has 0 bridgehead atoms. The smallest absolute Gasteiger partial charge is 0.355 e. The average Bonchev–Trinajstić information content (AvgIpc) is 2.61. The highest BCUT2D eigenvalue weighted by molar-refractivity contribution is 8.55. The van der Waals surface area contributed by atoms with Crippen molar-refractivity contribution in [1.29, 1.82) is 0 Å². The van der Waals surface area contributed by atoms with Crippen molar-refractivity contribution in [2.75, 3.05) is 39.7 Å². The predicted octanol–water partition coefficient (Wildman–Crippen LogP) is 1.28. The van der Waals surface area contributed by atoms with E-state index < -0.39 is 38.7 Å². The van der Waals surface area contributed by atoms with Crippen LogP contribution in [0.15, 0.2) is 0 Å². The molecule has 3 atom stereocenters. The number of phosphoric acid groups is 1. The highest BCUT2D eigenvalue weighted by Gasteiger charge is 2.43. The third-order valence-corrected chi connectivity index (χ3v) is 8.30. The van der Waals surface area contributed by atoms with E-state index in [4.69, 9.17) is 13.6 Å². The Morgan fingerprint density at radius 1 is 1.33 bits per heavy atom. The minimum absolute atomic E-state index is 0.0441. The van der Waals surface area contributed by atoms with Crippen LogP contribution in [0.4, 0.5) is 0 Å². The van der Waals surface area contributed by atoms with Gasteiger partial charge in [-0.3, -0.25) is 23.2 Å². The van der Waals surface area contributed by atoms with E-state index in [-0.39, 0.29) is 31.2 Å². The number of amides is 2. The number of hydrogen-bond acceptors (Lipinski definition) is 9. The van der Waals surface area contributed by atoms with E-state index in [9.17, 15) is 23.6 Å². The maximum atomic E-state index is 12.8. The van der Waals surface area contributed by atoms with Crippen molar-refractivity contribution in [3.8, 4) is 0 Å². The van der Waals surface area contributed by atoms with Gasteiger partial charge in [0, 0.05) is 44.9 Å². The molecule has 2 amide bonds. The summed E-state index contributed by atoms with van der Waals surface area (Å²) in [6.07, 6.45) is -1.27. The summed E-state index contributed by atoms with van der Waals surface area (Å²) in [6.45, 7) is -0.765. The number of carbonyl (C=O) groups excluding carboxylic acids is 2. The topological polar surface area (TPSA) is 149 Å². The van der Waals surface area contributed by atoms with Gasteiger partial charge in [0.2, 0.25) is 11.8 Å². The standard InChI is InChI=1S/C13H26N2O9P2S/c1-13(2,9-23-25(18,19)21-3)11-12(17)15-6-5-10(16)14-7-8-27-26(20,22-4)24-11/h11H,5-9H2,1-4H3,(H,14,16)(H,15,17)(H,18,19)/t11-,26?/m0/s1. The van der Waals surface area contributed by atoms with E-state index in [0.29, 0.717) is 0 Å².